The lowest BCUT2D eigenvalue weighted by molar-refractivity contribution is -0.136. The molecule has 0 saturated heterocycles. The minimum Gasteiger partial charge on any atom is -0.360 e. The largest absolute Gasteiger partial charge is 0.418 e. The Labute approximate surface area is 186 Å². The summed E-state index contributed by atoms with van der Waals surface area (Å²) in [5.74, 6) is 0.198. The molecular weight excluding hydrogens is 464 g/mol. The van der Waals surface area contributed by atoms with Crippen molar-refractivity contribution in [1.29, 1.82) is 0 Å². The predicted octanol–water partition coefficient (Wildman–Crippen LogP) is 5.59. The second-order valence-corrected chi connectivity index (χ2v) is 10.7. The first-order valence-corrected chi connectivity index (χ1v) is 12.9. The highest BCUT2D eigenvalue weighted by molar-refractivity contribution is 7.51. The molecule has 0 radical (unpaired) electrons. The molecule has 0 spiro atoms. The normalized spacial score (nSPS) is 16.3. The van der Waals surface area contributed by atoms with Crippen molar-refractivity contribution in [2.45, 2.75) is 38.3 Å². The van der Waals surface area contributed by atoms with E-state index in [-0.39, 0.29) is 18.0 Å². The Bertz CT molecular complexity index is 1190. The average molecular weight is 486 g/mol. The van der Waals surface area contributed by atoms with E-state index in [2.05, 4.69) is 20.5 Å². The zero-order valence-electron chi connectivity index (χ0n) is 17.4. The monoisotopic (exact) mass is 486 g/mol. The molecule has 2 N–H and O–H groups in total. The summed E-state index contributed by atoms with van der Waals surface area (Å²) in [4.78, 5) is 13.4. The van der Waals surface area contributed by atoms with Crippen LogP contribution in [0.4, 0.5) is 18.3 Å². The number of alkyl halides is 3. The molecule has 1 unspecified atom stereocenters. The fourth-order valence-corrected chi connectivity index (χ4v) is 4.59. The maximum Gasteiger partial charge on any atom is 0.418 e. The third-order valence-corrected chi connectivity index (χ3v) is 6.63. The molecular formula is C20H22F3N4O3PS. The van der Waals surface area contributed by atoms with Crippen LogP contribution in [0.2, 0.25) is 0 Å². The zero-order chi connectivity index (χ0) is 23.1. The third kappa shape index (κ3) is 5.46. The molecule has 1 atom stereocenters. The van der Waals surface area contributed by atoms with Crippen LogP contribution in [0.25, 0.3) is 21.6 Å². The van der Waals surface area contributed by atoms with Crippen LogP contribution in [-0.2, 0) is 15.3 Å². The summed E-state index contributed by atoms with van der Waals surface area (Å²) >= 11 is 1.18. The number of aryl methyl sites for hydroxylation is 1. The number of benzene rings is 1. The summed E-state index contributed by atoms with van der Waals surface area (Å²) in [6.45, 7) is 3.43. The van der Waals surface area contributed by atoms with Gasteiger partial charge in [0.1, 0.15) is 5.69 Å². The number of hydrogen-bond donors (Lipinski definition) is 2. The summed E-state index contributed by atoms with van der Waals surface area (Å²) in [7, 11) is -3.50. The van der Waals surface area contributed by atoms with Gasteiger partial charge in [-0.25, -0.2) is 4.98 Å². The van der Waals surface area contributed by atoms with Gasteiger partial charge in [0.2, 0.25) is 5.13 Å². The molecule has 2 aromatic heterocycles. The number of rotatable bonds is 8. The first kappa shape index (κ1) is 23.1. The van der Waals surface area contributed by atoms with Crippen molar-refractivity contribution >= 4 is 35.0 Å². The van der Waals surface area contributed by atoms with Crippen molar-refractivity contribution in [1.82, 2.24) is 15.2 Å². The fourth-order valence-electron chi connectivity index (χ4n) is 3.39. The summed E-state index contributed by atoms with van der Waals surface area (Å²) in [6.07, 6.45) is -2.21. The minimum atomic E-state index is -4.51. The SMILES string of the molecule is Cc1cc(-c2nnc(NCCCOP(C)(=O)O)s2)nc2c(C(F)(F)F)cc(C3CC3)cc12. The van der Waals surface area contributed by atoms with Crippen LogP contribution < -0.4 is 5.32 Å². The third-order valence-electron chi connectivity index (χ3n) is 5.07. The number of pyridine rings is 1. The van der Waals surface area contributed by atoms with Gasteiger partial charge in [-0.1, -0.05) is 11.3 Å². The van der Waals surface area contributed by atoms with Gasteiger partial charge >= 0.3 is 13.8 Å². The van der Waals surface area contributed by atoms with E-state index in [1.54, 1.807) is 13.0 Å². The van der Waals surface area contributed by atoms with E-state index in [9.17, 15) is 17.7 Å². The van der Waals surface area contributed by atoms with Crippen LogP contribution in [0.3, 0.4) is 0 Å². The van der Waals surface area contributed by atoms with Crippen molar-refractivity contribution in [2.24, 2.45) is 0 Å². The van der Waals surface area contributed by atoms with Gasteiger partial charge in [-0.2, -0.15) is 13.2 Å². The highest BCUT2D eigenvalue weighted by Gasteiger charge is 2.36. The van der Waals surface area contributed by atoms with Crippen LogP contribution in [0.15, 0.2) is 18.2 Å². The number of halogens is 3. The van der Waals surface area contributed by atoms with E-state index in [1.165, 1.54) is 17.4 Å². The van der Waals surface area contributed by atoms with E-state index >= 15 is 0 Å². The summed E-state index contributed by atoms with van der Waals surface area (Å²) < 4.78 is 57.3. The van der Waals surface area contributed by atoms with Gasteiger partial charge in [0.15, 0.2) is 5.01 Å². The molecule has 0 bridgehead atoms. The van der Waals surface area contributed by atoms with Crippen LogP contribution in [0.1, 0.15) is 41.9 Å². The lowest BCUT2D eigenvalue weighted by Crippen LogP contribution is -2.08. The predicted molar refractivity (Wildman–Crippen MR) is 117 cm³/mol. The van der Waals surface area contributed by atoms with Crippen LogP contribution >= 0.6 is 18.9 Å². The Morgan fingerprint density at radius 1 is 1.28 bits per heavy atom. The number of nitrogens with one attached hydrogen (secondary N) is 1. The summed E-state index contributed by atoms with van der Waals surface area (Å²) in [5, 5.41) is 12.5. The fraction of sp³-hybridized carbons (Fsp3) is 0.450. The van der Waals surface area contributed by atoms with Gasteiger partial charge in [-0.3, -0.25) is 4.57 Å². The van der Waals surface area contributed by atoms with Crippen LogP contribution in [-0.4, -0.2) is 39.9 Å². The number of aromatic nitrogens is 3. The van der Waals surface area contributed by atoms with E-state index in [0.29, 0.717) is 39.7 Å². The average Bonchev–Trinajstić information content (AvgIpc) is 3.43. The number of fused-ring (bicyclic) bond motifs is 1. The van der Waals surface area contributed by atoms with E-state index in [4.69, 9.17) is 9.42 Å². The smallest absolute Gasteiger partial charge is 0.360 e. The van der Waals surface area contributed by atoms with E-state index in [0.717, 1.165) is 25.1 Å². The maximum atomic E-state index is 13.8. The number of nitrogens with zero attached hydrogens (tertiary/aromatic N) is 3. The molecule has 32 heavy (non-hydrogen) atoms. The second-order valence-electron chi connectivity index (χ2n) is 7.89. The van der Waals surface area contributed by atoms with Crippen LogP contribution in [0, 0.1) is 6.92 Å². The first-order valence-electron chi connectivity index (χ1n) is 10.1. The Hall–Kier alpha value is -2.07. The number of hydrogen-bond acceptors (Lipinski definition) is 7. The topological polar surface area (TPSA) is 97.2 Å². The van der Waals surface area contributed by atoms with Crippen molar-refractivity contribution in [3.63, 3.8) is 0 Å². The molecule has 7 nitrogen and oxygen atoms in total. The number of anilines is 1. The van der Waals surface area contributed by atoms with Gasteiger partial charge in [0.25, 0.3) is 0 Å². The Balaban J connectivity index is 1.57. The lowest BCUT2D eigenvalue weighted by Gasteiger charge is -2.14. The second kappa shape index (κ2) is 8.70. The molecule has 0 amide bonds. The molecule has 1 aliphatic carbocycles. The van der Waals surface area contributed by atoms with Crippen molar-refractivity contribution in [2.75, 3.05) is 25.1 Å². The quantitative estimate of drug-likeness (QED) is 0.316. The molecule has 1 saturated carbocycles. The molecule has 3 aromatic rings. The Morgan fingerprint density at radius 3 is 2.69 bits per heavy atom. The maximum absolute atomic E-state index is 13.8. The molecule has 4 rings (SSSR count). The lowest BCUT2D eigenvalue weighted by atomic mass is 9.98. The van der Waals surface area contributed by atoms with Crippen LogP contribution in [0.5, 0.6) is 0 Å². The Kier molecular flexibility index (Phi) is 6.28. The minimum absolute atomic E-state index is 0.0771. The molecule has 1 fully saturated rings. The molecule has 0 aliphatic heterocycles. The molecule has 2 heterocycles. The standard InChI is InChI=1S/C20H22F3N4O3PS/c1-11-8-16(18-26-27-19(32-18)24-6-3-7-30-31(2,28)29)25-17-14(11)9-13(12-4-5-12)10-15(17)20(21,22)23/h8-10,12H,3-7H2,1-2H3,(H,24,27)(H,28,29). The summed E-state index contributed by atoms with van der Waals surface area (Å²) in [6, 6.07) is 4.79. The van der Waals surface area contributed by atoms with Gasteiger partial charge in [-0.05, 0) is 61.4 Å². The van der Waals surface area contributed by atoms with Crippen molar-refractivity contribution in [3.05, 3.63) is 34.9 Å². The molecule has 1 aliphatic rings. The van der Waals surface area contributed by atoms with Crippen molar-refractivity contribution in [3.8, 4) is 10.7 Å². The molecule has 12 heteroatoms. The molecule has 172 valence electrons. The highest BCUT2D eigenvalue weighted by atomic mass is 32.1. The van der Waals surface area contributed by atoms with Gasteiger partial charge in [-0.15, -0.1) is 10.2 Å². The zero-order valence-corrected chi connectivity index (χ0v) is 19.2. The Morgan fingerprint density at radius 2 is 2.03 bits per heavy atom. The van der Waals surface area contributed by atoms with E-state index < -0.39 is 19.3 Å². The van der Waals surface area contributed by atoms with E-state index in [1.807, 2.05) is 6.07 Å². The first-order chi connectivity index (χ1) is 15.0. The van der Waals surface area contributed by atoms with Gasteiger partial charge < -0.3 is 14.7 Å². The highest BCUT2D eigenvalue weighted by Crippen LogP contribution is 2.45. The molecule has 1 aromatic carbocycles. The summed E-state index contributed by atoms with van der Waals surface area (Å²) in [5.41, 5.74) is 0.955. The van der Waals surface area contributed by atoms with Crippen molar-refractivity contribution < 1.29 is 27.2 Å². The van der Waals surface area contributed by atoms with Gasteiger partial charge in [0, 0.05) is 18.6 Å². The van der Waals surface area contributed by atoms with Gasteiger partial charge in [0.05, 0.1) is 17.7 Å².